The SMILES string of the molecule is N#Cc1c(NC(=O)c2cnn3c2N[C@H](c2ccccc2)C[C@@H]3C(F)(F)F)sc2c1CCCCC2. The summed E-state index contributed by atoms with van der Waals surface area (Å²) in [5, 5.41) is 20.0. The summed E-state index contributed by atoms with van der Waals surface area (Å²) in [5.41, 5.74) is 2.16. The fraction of sp³-hybridized carbons (Fsp3) is 0.375. The number of fused-ring (bicyclic) bond motifs is 2. The number of aryl methyl sites for hydroxylation is 1. The Morgan fingerprint density at radius 3 is 2.71 bits per heavy atom. The van der Waals surface area contributed by atoms with E-state index in [1.54, 1.807) is 30.3 Å². The molecule has 0 saturated carbocycles. The van der Waals surface area contributed by atoms with Crippen molar-refractivity contribution >= 4 is 28.1 Å². The second-order valence-corrected chi connectivity index (χ2v) is 9.69. The number of anilines is 2. The van der Waals surface area contributed by atoms with Crippen LogP contribution in [-0.4, -0.2) is 21.9 Å². The van der Waals surface area contributed by atoms with Crippen molar-refractivity contribution in [2.24, 2.45) is 0 Å². The summed E-state index contributed by atoms with van der Waals surface area (Å²) in [6.07, 6.45) is 1.18. The van der Waals surface area contributed by atoms with E-state index in [-0.39, 0.29) is 17.8 Å². The van der Waals surface area contributed by atoms with Gasteiger partial charge in [0.15, 0.2) is 6.04 Å². The molecule has 0 fully saturated rings. The molecule has 2 aliphatic rings. The number of thiophene rings is 1. The van der Waals surface area contributed by atoms with Gasteiger partial charge in [-0.1, -0.05) is 36.8 Å². The van der Waals surface area contributed by atoms with Crippen LogP contribution in [0.4, 0.5) is 24.0 Å². The van der Waals surface area contributed by atoms with Gasteiger partial charge in [0.25, 0.3) is 5.91 Å². The molecule has 6 nitrogen and oxygen atoms in total. The third kappa shape index (κ3) is 4.05. The summed E-state index contributed by atoms with van der Waals surface area (Å²) in [4.78, 5) is 14.3. The van der Waals surface area contributed by atoms with Crippen LogP contribution in [0.1, 0.15) is 69.7 Å². The molecule has 0 saturated heterocycles. The molecule has 1 aromatic carbocycles. The molecule has 0 radical (unpaired) electrons. The summed E-state index contributed by atoms with van der Waals surface area (Å²) in [6.45, 7) is 0. The first kappa shape index (κ1) is 22.5. The highest BCUT2D eigenvalue weighted by atomic mass is 32.1. The maximum Gasteiger partial charge on any atom is 0.410 e. The average Bonchev–Trinajstić information content (AvgIpc) is 3.31. The van der Waals surface area contributed by atoms with Crippen LogP contribution >= 0.6 is 11.3 Å². The first-order valence-electron chi connectivity index (χ1n) is 11.2. The topological polar surface area (TPSA) is 82.7 Å². The molecule has 5 rings (SSSR count). The number of benzene rings is 1. The molecule has 0 spiro atoms. The van der Waals surface area contributed by atoms with Crippen molar-refractivity contribution in [3.63, 3.8) is 0 Å². The summed E-state index contributed by atoms with van der Waals surface area (Å²) in [5.74, 6) is -0.562. The minimum absolute atomic E-state index is 0.0161. The van der Waals surface area contributed by atoms with Gasteiger partial charge < -0.3 is 10.6 Å². The quantitative estimate of drug-likeness (QED) is 0.446. The lowest BCUT2D eigenvalue weighted by molar-refractivity contribution is -0.173. The molecule has 1 aliphatic heterocycles. The Labute approximate surface area is 198 Å². The lowest BCUT2D eigenvalue weighted by Crippen LogP contribution is -2.36. The van der Waals surface area contributed by atoms with E-state index in [2.05, 4.69) is 21.8 Å². The summed E-state index contributed by atoms with van der Waals surface area (Å²) in [7, 11) is 0. The molecule has 0 unspecified atom stereocenters. The van der Waals surface area contributed by atoms with Gasteiger partial charge in [-0.15, -0.1) is 11.3 Å². The predicted octanol–water partition coefficient (Wildman–Crippen LogP) is 6.00. The Hall–Kier alpha value is -3.32. The van der Waals surface area contributed by atoms with Crippen LogP contribution in [0.15, 0.2) is 36.5 Å². The predicted molar refractivity (Wildman–Crippen MR) is 123 cm³/mol. The Balaban J connectivity index is 1.48. The summed E-state index contributed by atoms with van der Waals surface area (Å²) >= 11 is 1.38. The zero-order valence-corrected chi connectivity index (χ0v) is 19.0. The van der Waals surface area contributed by atoms with Crippen molar-refractivity contribution < 1.29 is 18.0 Å². The number of nitrogens with zero attached hydrogens (tertiary/aromatic N) is 3. The lowest BCUT2D eigenvalue weighted by Gasteiger charge is -2.34. The number of rotatable bonds is 3. The van der Waals surface area contributed by atoms with E-state index >= 15 is 0 Å². The number of nitriles is 1. The number of carbonyl (C=O) groups excluding carboxylic acids is 1. The second kappa shape index (κ2) is 8.80. The smallest absolute Gasteiger partial charge is 0.363 e. The standard InChI is InChI=1S/C24H22F3N5OS/c25-24(26,27)20-11-18(14-7-3-1-4-8-14)30-21-17(13-29-32(20)21)22(33)31-23-16(12-28)15-9-5-2-6-10-19(15)34-23/h1,3-4,7-8,13,18,20,30H,2,5-6,9-11H2,(H,31,33)/t18-,20+/m0/s1. The van der Waals surface area contributed by atoms with Gasteiger partial charge in [-0.2, -0.15) is 23.5 Å². The Bertz CT molecular complexity index is 1260. The molecule has 34 heavy (non-hydrogen) atoms. The average molecular weight is 486 g/mol. The highest BCUT2D eigenvalue weighted by molar-refractivity contribution is 7.16. The summed E-state index contributed by atoms with van der Waals surface area (Å²) in [6, 6.07) is 8.57. The monoisotopic (exact) mass is 485 g/mol. The van der Waals surface area contributed by atoms with E-state index in [1.807, 2.05) is 0 Å². The van der Waals surface area contributed by atoms with Crippen molar-refractivity contribution in [2.45, 2.75) is 56.8 Å². The van der Waals surface area contributed by atoms with Gasteiger partial charge in [-0.3, -0.25) is 4.79 Å². The van der Waals surface area contributed by atoms with Crippen LogP contribution in [-0.2, 0) is 12.8 Å². The first-order valence-corrected chi connectivity index (χ1v) is 12.0. The van der Waals surface area contributed by atoms with Crippen LogP contribution in [0.3, 0.4) is 0 Å². The molecule has 3 heterocycles. The number of halogens is 3. The third-order valence-electron chi connectivity index (χ3n) is 6.45. The lowest BCUT2D eigenvalue weighted by atomic mass is 9.96. The van der Waals surface area contributed by atoms with Crippen LogP contribution in [0.5, 0.6) is 0 Å². The molecule has 0 bridgehead atoms. The minimum atomic E-state index is -4.52. The van der Waals surface area contributed by atoms with Crippen molar-refractivity contribution in [3.05, 3.63) is 63.7 Å². The number of nitrogens with one attached hydrogen (secondary N) is 2. The minimum Gasteiger partial charge on any atom is -0.363 e. The van der Waals surface area contributed by atoms with Gasteiger partial charge in [0.2, 0.25) is 0 Å². The number of alkyl halides is 3. The molecule has 2 aromatic heterocycles. The normalized spacial score (nSPS) is 19.8. The van der Waals surface area contributed by atoms with Crippen LogP contribution in [0.25, 0.3) is 0 Å². The van der Waals surface area contributed by atoms with Gasteiger partial charge in [0.05, 0.1) is 17.8 Å². The zero-order chi connectivity index (χ0) is 23.9. The van der Waals surface area contributed by atoms with E-state index in [9.17, 15) is 23.2 Å². The number of carbonyl (C=O) groups is 1. The molecule has 2 N–H and O–H groups in total. The fourth-order valence-corrected chi connectivity index (χ4v) is 5.99. The molecular weight excluding hydrogens is 463 g/mol. The van der Waals surface area contributed by atoms with Crippen molar-refractivity contribution in [2.75, 3.05) is 10.6 Å². The highest BCUT2D eigenvalue weighted by Gasteiger charge is 2.47. The largest absolute Gasteiger partial charge is 0.410 e. The molecular formula is C24H22F3N5OS. The van der Waals surface area contributed by atoms with Crippen molar-refractivity contribution in [3.8, 4) is 6.07 Å². The maximum absolute atomic E-state index is 13.9. The van der Waals surface area contributed by atoms with E-state index in [1.165, 1.54) is 11.3 Å². The fourth-order valence-electron chi connectivity index (χ4n) is 4.75. The van der Waals surface area contributed by atoms with E-state index in [0.29, 0.717) is 16.1 Å². The molecule has 1 amide bonds. The Morgan fingerprint density at radius 1 is 1.21 bits per heavy atom. The maximum atomic E-state index is 13.9. The molecule has 176 valence electrons. The van der Waals surface area contributed by atoms with Gasteiger partial charge in [0.1, 0.15) is 22.5 Å². The molecule has 3 aromatic rings. The number of hydrogen-bond acceptors (Lipinski definition) is 5. The number of aromatic nitrogens is 2. The van der Waals surface area contributed by atoms with Crippen LogP contribution < -0.4 is 10.6 Å². The highest BCUT2D eigenvalue weighted by Crippen LogP contribution is 2.44. The second-order valence-electron chi connectivity index (χ2n) is 8.59. The third-order valence-corrected chi connectivity index (χ3v) is 7.65. The first-order chi connectivity index (χ1) is 16.4. The molecule has 10 heteroatoms. The Morgan fingerprint density at radius 2 is 1.97 bits per heavy atom. The van der Waals surface area contributed by atoms with Gasteiger partial charge in [-0.25, -0.2) is 4.68 Å². The van der Waals surface area contributed by atoms with Crippen molar-refractivity contribution in [1.29, 1.82) is 5.26 Å². The number of hydrogen-bond donors (Lipinski definition) is 2. The van der Waals surface area contributed by atoms with E-state index < -0.39 is 24.2 Å². The Kier molecular flexibility index (Phi) is 5.81. The van der Waals surface area contributed by atoms with Crippen molar-refractivity contribution in [1.82, 2.24) is 9.78 Å². The van der Waals surface area contributed by atoms with Crippen LogP contribution in [0.2, 0.25) is 0 Å². The van der Waals surface area contributed by atoms with Crippen LogP contribution in [0, 0.1) is 11.3 Å². The van der Waals surface area contributed by atoms with Gasteiger partial charge in [0, 0.05) is 11.3 Å². The molecule has 1 aliphatic carbocycles. The van der Waals surface area contributed by atoms with Gasteiger partial charge in [-0.05, 0) is 36.8 Å². The van der Waals surface area contributed by atoms with E-state index in [0.717, 1.165) is 53.4 Å². The van der Waals surface area contributed by atoms with Gasteiger partial charge >= 0.3 is 6.18 Å². The number of amides is 1. The van der Waals surface area contributed by atoms with E-state index in [4.69, 9.17) is 0 Å². The molecule has 2 atom stereocenters. The zero-order valence-electron chi connectivity index (χ0n) is 18.2. The summed E-state index contributed by atoms with van der Waals surface area (Å²) < 4.78 is 42.6.